The van der Waals surface area contributed by atoms with Gasteiger partial charge >= 0.3 is 0 Å². The van der Waals surface area contributed by atoms with Gasteiger partial charge in [0.15, 0.2) is 0 Å². The van der Waals surface area contributed by atoms with Crippen LogP contribution in [0.1, 0.15) is 49.8 Å². The predicted molar refractivity (Wildman–Crippen MR) is 151 cm³/mol. The number of ether oxygens (including phenoxy) is 1. The molecule has 1 heterocycles. The molecule has 1 aliphatic heterocycles. The summed E-state index contributed by atoms with van der Waals surface area (Å²) in [7, 11) is 1.66. The first kappa shape index (κ1) is 28.6. The normalized spacial score (nSPS) is 25.9. The molecule has 8 nitrogen and oxygen atoms in total. The van der Waals surface area contributed by atoms with E-state index in [1.807, 2.05) is 62.4 Å². The first-order valence-electron chi connectivity index (χ1n) is 14.1. The van der Waals surface area contributed by atoms with Crippen LogP contribution in [0.5, 0.6) is 5.75 Å². The summed E-state index contributed by atoms with van der Waals surface area (Å²) in [5, 5.41) is 9.36. The quantitative estimate of drug-likeness (QED) is 0.563. The molecule has 39 heavy (non-hydrogen) atoms. The summed E-state index contributed by atoms with van der Waals surface area (Å²) in [6, 6.07) is 14.0. The summed E-state index contributed by atoms with van der Waals surface area (Å²) in [6.07, 6.45) is 3.66. The third kappa shape index (κ3) is 7.82. The van der Waals surface area contributed by atoms with Crippen LogP contribution in [0.4, 0.5) is 0 Å². The number of hydrogen-bond donors (Lipinski definition) is 3. The molecule has 3 amide bonds. The van der Waals surface area contributed by atoms with Crippen LogP contribution < -0.4 is 20.7 Å². The number of amides is 3. The molecule has 2 aromatic rings. The lowest BCUT2D eigenvalue weighted by Crippen LogP contribution is -2.57. The minimum Gasteiger partial charge on any atom is -0.489 e. The van der Waals surface area contributed by atoms with Gasteiger partial charge in [-0.1, -0.05) is 48.0 Å². The average Bonchev–Trinajstić information content (AvgIpc) is 3.76. The van der Waals surface area contributed by atoms with E-state index in [1.165, 1.54) is 4.90 Å². The minimum absolute atomic E-state index is 0.117. The molecule has 2 aliphatic rings. The van der Waals surface area contributed by atoms with Gasteiger partial charge in [-0.3, -0.25) is 14.4 Å². The number of nitrogens with one attached hydrogen (secondary N) is 3. The first-order chi connectivity index (χ1) is 18.7. The Labute approximate surface area is 231 Å². The van der Waals surface area contributed by atoms with Crippen LogP contribution in [-0.4, -0.2) is 67.0 Å². The van der Waals surface area contributed by atoms with Crippen molar-refractivity contribution in [3.05, 3.63) is 65.2 Å². The maximum Gasteiger partial charge on any atom is 0.243 e. The van der Waals surface area contributed by atoms with E-state index in [-0.39, 0.29) is 35.8 Å². The summed E-state index contributed by atoms with van der Waals surface area (Å²) >= 11 is 0. The smallest absolute Gasteiger partial charge is 0.243 e. The summed E-state index contributed by atoms with van der Waals surface area (Å²) < 4.78 is 6.26. The zero-order valence-corrected chi connectivity index (χ0v) is 23.5. The number of nitrogens with zero attached hydrogens (tertiary/aromatic N) is 1. The number of likely N-dealkylation sites (N-methyl/N-ethyl adjacent to an activating group) is 1. The molecule has 0 spiro atoms. The zero-order valence-electron chi connectivity index (χ0n) is 23.5. The Kier molecular flexibility index (Phi) is 9.62. The molecule has 1 fully saturated rings. The Morgan fingerprint density at radius 2 is 1.69 bits per heavy atom. The number of para-hydroxylation sites is 1. The SMILES string of the molecule is Cc1ccc(C[C@H]2NC(=O)[C@@H](C)N(C)C(=O)[C@H](C3CC3)NC[C@H](C)Oc3ccccc3CCCNC2=O)cc1. The molecule has 2 aromatic carbocycles. The van der Waals surface area contributed by atoms with E-state index in [4.69, 9.17) is 4.74 Å². The standard InChI is InChI=1S/C31H42N4O4/c1-20-11-13-23(14-12-20)18-26-30(37)32-17-7-9-24-8-5-6-10-27(24)39-21(2)19-33-28(25-15-16-25)31(38)35(4)22(3)29(36)34-26/h5-6,8,10-14,21-22,25-26,28,33H,7,9,15-19H2,1-4H3,(H,32,37)(H,34,36)/t21-,22+,26+,28-/m0/s1. The molecule has 3 N–H and O–H groups in total. The monoisotopic (exact) mass is 534 g/mol. The van der Waals surface area contributed by atoms with Crippen molar-refractivity contribution in [2.24, 2.45) is 5.92 Å². The molecule has 0 unspecified atom stereocenters. The minimum atomic E-state index is -0.751. The third-order valence-corrected chi connectivity index (χ3v) is 7.71. The Hall–Kier alpha value is -3.39. The van der Waals surface area contributed by atoms with E-state index in [0.29, 0.717) is 19.5 Å². The number of fused-ring (bicyclic) bond motifs is 1. The second kappa shape index (κ2) is 13.1. The van der Waals surface area contributed by atoms with Gasteiger partial charge in [-0.05, 0) is 69.6 Å². The van der Waals surface area contributed by atoms with E-state index in [2.05, 4.69) is 16.0 Å². The third-order valence-electron chi connectivity index (χ3n) is 7.71. The average molecular weight is 535 g/mol. The highest BCUT2D eigenvalue weighted by molar-refractivity contribution is 5.93. The van der Waals surface area contributed by atoms with Crippen LogP contribution in [0.15, 0.2) is 48.5 Å². The van der Waals surface area contributed by atoms with Gasteiger partial charge < -0.3 is 25.6 Å². The van der Waals surface area contributed by atoms with E-state index < -0.39 is 12.1 Å². The lowest BCUT2D eigenvalue weighted by atomic mass is 10.0. The largest absolute Gasteiger partial charge is 0.489 e. The summed E-state index contributed by atoms with van der Waals surface area (Å²) in [4.78, 5) is 41.6. The molecule has 1 aliphatic carbocycles. The maximum atomic E-state index is 13.5. The number of rotatable bonds is 3. The second-order valence-electron chi connectivity index (χ2n) is 11.0. The van der Waals surface area contributed by atoms with Crippen molar-refractivity contribution >= 4 is 17.7 Å². The lowest BCUT2D eigenvalue weighted by molar-refractivity contribution is -0.141. The van der Waals surface area contributed by atoms with Crippen molar-refractivity contribution in [1.29, 1.82) is 0 Å². The van der Waals surface area contributed by atoms with Gasteiger partial charge in [0.1, 0.15) is 23.9 Å². The Morgan fingerprint density at radius 3 is 2.41 bits per heavy atom. The Bertz CT molecular complexity index is 1150. The van der Waals surface area contributed by atoms with Crippen molar-refractivity contribution in [3.8, 4) is 5.75 Å². The van der Waals surface area contributed by atoms with Gasteiger partial charge in [0.25, 0.3) is 0 Å². The molecule has 0 aromatic heterocycles. The number of carbonyl (C=O) groups is 3. The van der Waals surface area contributed by atoms with Crippen molar-refractivity contribution in [3.63, 3.8) is 0 Å². The number of benzene rings is 2. The molecular formula is C31H42N4O4. The van der Waals surface area contributed by atoms with E-state index in [0.717, 1.165) is 48.1 Å². The van der Waals surface area contributed by atoms with Gasteiger partial charge in [-0.15, -0.1) is 0 Å². The highest BCUT2D eigenvalue weighted by Crippen LogP contribution is 2.33. The molecule has 210 valence electrons. The summed E-state index contributed by atoms with van der Waals surface area (Å²) in [6.45, 7) is 6.70. The van der Waals surface area contributed by atoms with Gasteiger partial charge in [-0.2, -0.15) is 0 Å². The fraction of sp³-hybridized carbons (Fsp3) is 0.516. The topological polar surface area (TPSA) is 99.8 Å². The molecule has 8 heteroatoms. The van der Waals surface area contributed by atoms with E-state index in [1.54, 1.807) is 14.0 Å². The van der Waals surface area contributed by atoms with Crippen molar-refractivity contribution in [2.45, 2.75) is 77.1 Å². The van der Waals surface area contributed by atoms with Crippen LogP contribution in [0.2, 0.25) is 0 Å². The summed E-state index contributed by atoms with van der Waals surface area (Å²) in [5.74, 6) is 0.374. The van der Waals surface area contributed by atoms with Gasteiger partial charge in [-0.25, -0.2) is 0 Å². The first-order valence-corrected chi connectivity index (χ1v) is 14.1. The van der Waals surface area contributed by atoms with Crippen molar-refractivity contribution in [1.82, 2.24) is 20.9 Å². The maximum absolute atomic E-state index is 13.5. The Morgan fingerprint density at radius 1 is 0.974 bits per heavy atom. The number of hydrogen-bond acceptors (Lipinski definition) is 5. The molecule has 0 bridgehead atoms. The molecule has 4 atom stereocenters. The van der Waals surface area contributed by atoms with Gasteiger partial charge in [0.05, 0.1) is 6.04 Å². The number of carbonyl (C=O) groups excluding carboxylic acids is 3. The highest BCUT2D eigenvalue weighted by atomic mass is 16.5. The van der Waals surface area contributed by atoms with Gasteiger partial charge in [0, 0.05) is 26.6 Å². The molecule has 0 radical (unpaired) electrons. The second-order valence-corrected chi connectivity index (χ2v) is 11.0. The van der Waals surface area contributed by atoms with Crippen LogP contribution in [-0.2, 0) is 27.2 Å². The molecule has 1 saturated carbocycles. The summed E-state index contributed by atoms with van der Waals surface area (Å²) in [5.41, 5.74) is 3.16. The van der Waals surface area contributed by atoms with Crippen molar-refractivity contribution in [2.75, 3.05) is 20.1 Å². The van der Waals surface area contributed by atoms with Crippen LogP contribution in [0.25, 0.3) is 0 Å². The molecule has 4 rings (SSSR count). The fourth-order valence-corrected chi connectivity index (χ4v) is 4.92. The highest BCUT2D eigenvalue weighted by Gasteiger charge is 2.39. The Balaban J connectivity index is 1.56. The van der Waals surface area contributed by atoms with Gasteiger partial charge in [0.2, 0.25) is 17.7 Å². The van der Waals surface area contributed by atoms with E-state index in [9.17, 15) is 14.4 Å². The van der Waals surface area contributed by atoms with Crippen LogP contribution in [0, 0.1) is 12.8 Å². The van der Waals surface area contributed by atoms with Crippen LogP contribution >= 0.6 is 0 Å². The van der Waals surface area contributed by atoms with E-state index >= 15 is 0 Å². The predicted octanol–water partition coefficient (Wildman–Crippen LogP) is 2.77. The molecular weight excluding hydrogens is 492 g/mol. The van der Waals surface area contributed by atoms with Crippen LogP contribution in [0.3, 0.4) is 0 Å². The fourth-order valence-electron chi connectivity index (χ4n) is 4.92. The molecule has 0 saturated heterocycles. The van der Waals surface area contributed by atoms with Crippen molar-refractivity contribution < 1.29 is 19.1 Å². The lowest BCUT2D eigenvalue weighted by Gasteiger charge is -2.31. The zero-order chi connectivity index (χ0) is 27.9. The number of aryl methyl sites for hydroxylation is 2.